The second kappa shape index (κ2) is 9.65. The summed E-state index contributed by atoms with van der Waals surface area (Å²) in [7, 11) is 0. The zero-order valence-corrected chi connectivity index (χ0v) is 15.7. The lowest BCUT2D eigenvalue weighted by Gasteiger charge is -2.21. The van der Waals surface area contributed by atoms with E-state index in [1.54, 1.807) is 18.2 Å². The highest BCUT2D eigenvalue weighted by Crippen LogP contribution is 2.29. The predicted molar refractivity (Wildman–Crippen MR) is 97.1 cm³/mol. The molecule has 1 aliphatic carbocycles. The van der Waals surface area contributed by atoms with E-state index in [0.717, 1.165) is 12.8 Å². The van der Waals surface area contributed by atoms with Gasteiger partial charge in [-0.25, -0.2) is 0 Å². The van der Waals surface area contributed by atoms with E-state index in [2.05, 4.69) is 11.4 Å². The van der Waals surface area contributed by atoms with Gasteiger partial charge in [-0.05, 0) is 50.3 Å². The third-order valence-corrected chi connectivity index (χ3v) is 4.62. The van der Waals surface area contributed by atoms with E-state index in [1.807, 2.05) is 0 Å². The molecule has 1 saturated carbocycles. The van der Waals surface area contributed by atoms with Crippen molar-refractivity contribution in [3.63, 3.8) is 0 Å². The molecule has 0 bridgehead atoms. The molecule has 1 N–H and O–H groups in total. The van der Waals surface area contributed by atoms with E-state index in [9.17, 15) is 14.9 Å². The molecule has 1 fully saturated rings. The Kier molecular flexibility index (Phi) is 7.55. The molecule has 0 spiro atoms. The van der Waals surface area contributed by atoms with Crippen molar-refractivity contribution in [2.24, 2.45) is 0 Å². The summed E-state index contributed by atoms with van der Waals surface area (Å²) in [6, 6.07) is 7.04. The number of ether oxygens (including phenoxy) is 2. The molecule has 0 heterocycles. The number of halogens is 2. The van der Waals surface area contributed by atoms with Crippen molar-refractivity contribution in [3.8, 4) is 11.8 Å². The molecular weight excluding hydrogens is 379 g/mol. The number of carbonyl (C=O) groups excluding carboxylic acids is 2. The van der Waals surface area contributed by atoms with Crippen molar-refractivity contribution in [2.45, 2.75) is 44.1 Å². The minimum absolute atomic E-state index is 0.113. The maximum Gasteiger partial charge on any atom is 0.306 e. The molecule has 2 rings (SSSR count). The summed E-state index contributed by atoms with van der Waals surface area (Å²) >= 11 is 11.8. The topological polar surface area (TPSA) is 88.4 Å². The van der Waals surface area contributed by atoms with Crippen LogP contribution >= 0.6 is 23.2 Å². The van der Waals surface area contributed by atoms with E-state index in [-0.39, 0.29) is 19.6 Å². The molecular formula is C18H20Cl2N2O4. The van der Waals surface area contributed by atoms with Crippen molar-refractivity contribution in [2.75, 3.05) is 13.2 Å². The van der Waals surface area contributed by atoms with E-state index >= 15 is 0 Å². The maximum absolute atomic E-state index is 11.9. The van der Waals surface area contributed by atoms with Crippen LogP contribution in [-0.4, -0.2) is 30.6 Å². The van der Waals surface area contributed by atoms with Crippen molar-refractivity contribution < 1.29 is 19.1 Å². The molecule has 26 heavy (non-hydrogen) atoms. The van der Waals surface area contributed by atoms with Crippen molar-refractivity contribution in [1.29, 1.82) is 5.26 Å². The Morgan fingerprint density at radius 1 is 1.27 bits per heavy atom. The number of nitrogens with one attached hydrogen (secondary N) is 1. The zero-order valence-electron chi connectivity index (χ0n) is 14.2. The number of nitriles is 1. The highest BCUT2D eigenvalue weighted by atomic mass is 35.5. The van der Waals surface area contributed by atoms with Crippen LogP contribution in [0.15, 0.2) is 18.2 Å². The summed E-state index contributed by atoms with van der Waals surface area (Å²) in [5.41, 5.74) is -0.810. The number of hydrogen-bond acceptors (Lipinski definition) is 5. The van der Waals surface area contributed by atoms with Crippen LogP contribution in [0.2, 0.25) is 10.0 Å². The van der Waals surface area contributed by atoms with E-state index in [1.165, 1.54) is 0 Å². The van der Waals surface area contributed by atoms with Gasteiger partial charge in [-0.15, -0.1) is 0 Å². The van der Waals surface area contributed by atoms with Gasteiger partial charge >= 0.3 is 5.97 Å². The maximum atomic E-state index is 11.9. The highest BCUT2D eigenvalue weighted by Gasteiger charge is 2.35. The number of amides is 1. The monoisotopic (exact) mass is 398 g/mol. The van der Waals surface area contributed by atoms with Gasteiger partial charge in [-0.1, -0.05) is 23.2 Å². The lowest BCUT2D eigenvalue weighted by atomic mass is 10.00. The minimum Gasteiger partial charge on any atom is -0.492 e. The molecule has 1 aromatic rings. The second-order valence-corrected chi connectivity index (χ2v) is 6.98. The third-order valence-electron chi connectivity index (χ3n) is 4.09. The fraction of sp³-hybridized carbons (Fsp3) is 0.500. The number of benzene rings is 1. The normalized spacial score (nSPS) is 15.1. The summed E-state index contributed by atoms with van der Waals surface area (Å²) in [5.74, 6) is -0.462. The Bertz CT molecular complexity index is 697. The molecule has 6 nitrogen and oxygen atoms in total. The number of hydrogen-bond donors (Lipinski definition) is 1. The van der Waals surface area contributed by atoms with Crippen LogP contribution in [-0.2, 0) is 14.3 Å². The lowest BCUT2D eigenvalue weighted by molar-refractivity contribution is -0.149. The van der Waals surface area contributed by atoms with Gasteiger partial charge in [0, 0.05) is 11.4 Å². The molecule has 0 radical (unpaired) electrons. The van der Waals surface area contributed by atoms with Gasteiger partial charge in [-0.2, -0.15) is 5.26 Å². The Morgan fingerprint density at radius 3 is 2.65 bits per heavy atom. The van der Waals surface area contributed by atoms with E-state index in [0.29, 0.717) is 35.1 Å². The quantitative estimate of drug-likeness (QED) is 0.533. The highest BCUT2D eigenvalue weighted by molar-refractivity contribution is 6.35. The SMILES string of the molecule is N#CC1(NC(=O)COC(=O)CCCOc2ccc(Cl)cc2Cl)CCCC1. The average Bonchev–Trinajstić information content (AvgIpc) is 3.07. The number of carbonyl (C=O) groups is 2. The minimum atomic E-state index is -0.810. The summed E-state index contributed by atoms with van der Waals surface area (Å²) in [5, 5.41) is 12.8. The van der Waals surface area contributed by atoms with Crippen LogP contribution in [0.5, 0.6) is 5.75 Å². The fourth-order valence-electron chi connectivity index (χ4n) is 2.76. The van der Waals surface area contributed by atoms with Gasteiger partial charge < -0.3 is 14.8 Å². The summed E-state index contributed by atoms with van der Waals surface area (Å²) in [4.78, 5) is 23.5. The molecule has 1 aromatic carbocycles. The Labute approximate surface area is 162 Å². The first-order valence-corrected chi connectivity index (χ1v) is 9.15. The molecule has 0 saturated heterocycles. The first-order chi connectivity index (χ1) is 12.4. The summed E-state index contributed by atoms with van der Waals surface area (Å²) in [6.07, 6.45) is 3.61. The Morgan fingerprint density at radius 2 is 2.00 bits per heavy atom. The van der Waals surface area contributed by atoms with Crippen LogP contribution in [0, 0.1) is 11.3 Å². The largest absolute Gasteiger partial charge is 0.492 e. The van der Waals surface area contributed by atoms with Gasteiger partial charge in [0.25, 0.3) is 5.91 Å². The van der Waals surface area contributed by atoms with Gasteiger partial charge in [0.2, 0.25) is 0 Å². The number of esters is 1. The van der Waals surface area contributed by atoms with Crippen molar-refractivity contribution in [1.82, 2.24) is 5.32 Å². The first-order valence-electron chi connectivity index (χ1n) is 8.40. The standard InChI is InChI=1S/C18H20Cl2N2O4/c19-13-5-6-15(14(20)10-13)25-9-3-4-17(24)26-11-16(23)22-18(12-21)7-1-2-8-18/h5-6,10H,1-4,7-9,11H2,(H,22,23). The molecule has 1 amide bonds. The first kappa shape index (κ1) is 20.3. The van der Waals surface area contributed by atoms with Crippen LogP contribution in [0.3, 0.4) is 0 Å². The van der Waals surface area contributed by atoms with Gasteiger partial charge in [0.1, 0.15) is 11.3 Å². The summed E-state index contributed by atoms with van der Waals surface area (Å²) < 4.78 is 10.4. The van der Waals surface area contributed by atoms with Gasteiger partial charge in [0.05, 0.1) is 17.7 Å². The molecule has 0 aromatic heterocycles. The average molecular weight is 399 g/mol. The van der Waals surface area contributed by atoms with Gasteiger partial charge in [-0.3, -0.25) is 9.59 Å². The molecule has 140 valence electrons. The summed E-state index contributed by atoms with van der Waals surface area (Å²) in [6.45, 7) is -0.105. The zero-order chi connectivity index (χ0) is 19.0. The van der Waals surface area contributed by atoms with Crippen LogP contribution in [0.25, 0.3) is 0 Å². The Hall–Kier alpha value is -1.97. The van der Waals surface area contributed by atoms with E-state index in [4.69, 9.17) is 32.7 Å². The van der Waals surface area contributed by atoms with Crippen molar-refractivity contribution in [3.05, 3.63) is 28.2 Å². The van der Waals surface area contributed by atoms with E-state index < -0.39 is 17.4 Å². The molecule has 0 atom stereocenters. The number of nitrogens with zero attached hydrogens (tertiary/aromatic N) is 1. The van der Waals surface area contributed by atoms with Crippen LogP contribution in [0.4, 0.5) is 0 Å². The molecule has 0 aliphatic heterocycles. The van der Waals surface area contributed by atoms with Crippen LogP contribution in [0.1, 0.15) is 38.5 Å². The number of rotatable bonds is 8. The third kappa shape index (κ3) is 6.08. The smallest absolute Gasteiger partial charge is 0.306 e. The van der Waals surface area contributed by atoms with Gasteiger partial charge in [0.15, 0.2) is 6.61 Å². The molecule has 1 aliphatic rings. The molecule has 8 heteroatoms. The van der Waals surface area contributed by atoms with Crippen molar-refractivity contribution >= 4 is 35.1 Å². The predicted octanol–water partition coefficient (Wildman–Crippen LogP) is 3.65. The second-order valence-electron chi connectivity index (χ2n) is 6.14. The Balaban J connectivity index is 1.63. The molecule has 0 unspecified atom stereocenters. The fourth-order valence-corrected chi connectivity index (χ4v) is 3.22. The van der Waals surface area contributed by atoms with Crippen LogP contribution < -0.4 is 10.1 Å². The lowest BCUT2D eigenvalue weighted by Crippen LogP contribution is -2.46.